The van der Waals surface area contributed by atoms with Gasteiger partial charge in [-0.05, 0) is 25.0 Å². The Bertz CT molecular complexity index is 915. The zero-order valence-electron chi connectivity index (χ0n) is 16.8. The Morgan fingerprint density at radius 2 is 2.20 bits per heavy atom. The van der Waals surface area contributed by atoms with Crippen molar-refractivity contribution >= 4 is 17.6 Å². The highest BCUT2D eigenvalue weighted by Crippen LogP contribution is 2.34. The number of urea groups is 1. The molecule has 1 saturated heterocycles. The van der Waals surface area contributed by atoms with Gasteiger partial charge in [0, 0.05) is 44.4 Å². The zero-order valence-corrected chi connectivity index (χ0v) is 16.8. The van der Waals surface area contributed by atoms with Crippen molar-refractivity contribution in [2.75, 3.05) is 45.5 Å². The number of nitrogens with zero attached hydrogens (tertiary/aromatic N) is 2. The fourth-order valence-corrected chi connectivity index (χ4v) is 3.72. The molecule has 1 unspecified atom stereocenters. The maximum absolute atomic E-state index is 12.8. The molecule has 1 fully saturated rings. The van der Waals surface area contributed by atoms with Crippen molar-refractivity contribution in [3.63, 3.8) is 0 Å². The minimum absolute atomic E-state index is 0.00642. The molecule has 3 amide bonds. The van der Waals surface area contributed by atoms with Gasteiger partial charge < -0.3 is 29.7 Å². The number of aromatic amines is 1. The van der Waals surface area contributed by atoms with Crippen LogP contribution in [-0.4, -0.2) is 67.2 Å². The summed E-state index contributed by atoms with van der Waals surface area (Å²) in [5.74, 6) is 1.09. The Morgan fingerprint density at radius 3 is 3.07 bits per heavy atom. The molecule has 2 aliphatic heterocycles. The molecule has 10 nitrogen and oxygen atoms in total. The van der Waals surface area contributed by atoms with Crippen molar-refractivity contribution in [3.05, 3.63) is 35.7 Å². The quantitative estimate of drug-likeness (QED) is 0.621. The average molecular weight is 415 g/mol. The topological polar surface area (TPSA) is 118 Å². The number of benzene rings is 1. The third-order valence-corrected chi connectivity index (χ3v) is 5.25. The molecule has 0 bridgehead atoms. The van der Waals surface area contributed by atoms with E-state index in [9.17, 15) is 9.59 Å². The monoisotopic (exact) mass is 415 g/mol. The summed E-state index contributed by atoms with van der Waals surface area (Å²) in [5.41, 5.74) is 1.91. The third-order valence-electron chi connectivity index (χ3n) is 5.25. The molecule has 0 spiro atoms. The third kappa shape index (κ3) is 4.33. The van der Waals surface area contributed by atoms with Crippen molar-refractivity contribution in [1.29, 1.82) is 0 Å². The van der Waals surface area contributed by atoms with Gasteiger partial charge in [0.15, 0.2) is 11.5 Å². The number of fused-ring (bicyclic) bond motifs is 1. The number of likely N-dealkylation sites (tertiary alicyclic amines) is 1. The molecule has 160 valence electrons. The second kappa shape index (κ2) is 9.04. The van der Waals surface area contributed by atoms with Gasteiger partial charge in [0.2, 0.25) is 6.79 Å². The Labute approximate surface area is 173 Å². The largest absolute Gasteiger partial charge is 0.454 e. The number of carbonyl (C=O) groups is 2. The summed E-state index contributed by atoms with van der Waals surface area (Å²) in [7, 11) is 1.58. The average Bonchev–Trinajstić information content (AvgIpc) is 3.43. The van der Waals surface area contributed by atoms with Gasteiger partial charge in [-0.2, -0.15) is 5.10 Å². The number of hydrogen-bond donors (Lipinski definition) is 3. The van der Waals surface area contributed by atoms with Gasteiger partial charge >= 0.3 is 6.03 Å². The Hall–Kier alpha value is -3.27. The molecular formula is C20H25N5O5. The van der Waals surface area contributed by atoms with E-state index in [1.165, 1.54) is 6.20 Å². The van der Waals surface area contributed by atoms with Crippen molar-refractivity contribution in [3.8, 4) is 11.5 Å². The molecule has 1 atom stereocenters. The normalized spacial score (nSPS) is 17.6. The van der Waals surface area contributed by atoms with Crippen LogP contribution in [0.25, 0.3) is 0 Å². The number of amides is 3. The van der Waals surface area contributed by atoms with E-state index in [1.54, 1.807) is 30.2 Å². The van der Waals surface area contributed by atoms with E-state index in [0.29, 0.717) is 49.0 Å². The predicted octanol–water partition coefficient (Wildman–Crippen LogP) is 1.93. The lowest BCUT2D eigenvalue weighted by molar-refractivity contribution is 0.0935. The minimum atomic E-state index is -0.197. The molecule has 1 aromatic carbocycles. The van der Waals surface area contributed by atoms with E-state index in [4.69, 9.17) is 14.2 Å². The van der Waals surface area contributed by atoms with Gasteiger partial charge in [0.1, 0.15) is 0 Å². The van der Waals surface area contributed by atoms with E-state index in [2.05, 4.69) is 20.8 Å². The first-order valence-corrected chi connectivity index (χ1v) is 9.91. The number of methoxy groups -OCH3 is 1. The second-order valence-corrected chi connectivity index (χ2v) is 7.23. The standard InChI is InChI=1S/C20H25N5O5/c1-28-8-6-21-19(26)15-10-22-24-18(15)13-3-2-7-25(11-13)20(27)23-14-4-5-16-17(9-14)30-12-29-16/h4-5,9-10,13H,2-3,6-8,11-12H2,1H3,(H,21,26)(H,22,24)(H,23,27). The number of ether oxygens (including phenoxy) is 3. The molecule has 4 rings (SSSR count). The van der Waals surface area contributed by atoms with E-state index >= 15 is 0 Å². The molecule has 3 heterocycles. The summed E-state index contributed by atoms with van der Waals surface area (Å²) in [6.45, 7) is 2.20. The van der Waals surface area contributed by atoms with Gasteiger partial charge in [0.25, 0.3) is 5.91 Å². The number of hydrogen-bond acceptors (Lipinski definition) is 6. The highest BCUT2D eigenvalue weighted by Gasteiger charge is 2.29. The van der Waals surface area contributed by atoms with Gasteiger partial charge in [-0.1, -0.05) is 0 Å². The summed E-state index contributed by atoms with van der Waals surface area (Å²) in [6, 6.07) is 5.11. The van der Waals surface area contributed by atoms with Gasteiger partial charge in [-0.25, -0.2) is 4.79 Å². The van der Waals surface area contributed by atoms with Crippen molar-refractivity contribution in [2.45, 2.75) is 18.8 Å². The summed E-state index contributed by atoms with van der Waals surface area (Å²) in [6.07, 6.45) is 3.24. The maximum Gasteiger partial charge on any atom is 0.321 e. The van der Waals surface area contributed by atoms with E-state index < -0.39 is 0 Å². The van der Waals surface area contributed by atoms with Crippen LogP contribution in [0.4, 0.5) is 10.5 Å². The highest BCUT2D eigenvalue weighted by atomic mass is 16.7. The number of nitrogens with one attached hydrogen (secondary N) is 3. The molecule has 0 saturated carbocycles. The van der Waals surface area contributed by atoms with Crippen LogP contribution in [0.15, 0.2) is 24.4 Å². The fourth-order valence-electron chi connectivity index (χ4n) is 3.72. The van der Waals surface area contributed by atoms with Crippen molar-refractivity contribution in [1.82, 2.24) is 20.4 Å². The lowest BCUT2D eigenvalue weighted by atomic mass is 9.92. The number of aromatic nitrogens is 2. The molecule has 1 aromatic heterocycles. The molecule has 30 heavy (non-hydrogen) atoms. The molecule has 0 radical (unpaired) electrons. The van der Waals surface area contributed by atoms with Crippen LogP contribution in [0, 0.1) is 0 Å². The van der Waals surface area contributed by atoms with E-state index in [1.807, 2.05) is 0 Å². The Kier molecular flexibility index (Phi) is 6.03. The van der Waals surface area contributed by atoms with Crippen LogP contribution in [0.3, 0.4) is 0 Å². The minimum Gasteiger partial charge on any atom is -0.454 e. The first-order valence-electron chi connectivity index (χ1n) is 9.91. The second-order valence-electron chi connectivity index (χ2n) is 7.23. The molecule has 3 N–H and O–H groups in total. The summed E-state index contributed by atoms with van der Waals surface area (Å²) in [5, 5.41) is 12.7. The predicted molar refractivity (Wildman–Crippen MR) is 108 cm³/mol. The number of piperidine rings is 1. The van der Waals surface area contributed by atoms with Crippen molar-refractivity contribution < 1.29 is 23.8 Å². The number of rotatable bonds is 6. The van der Waals surface area contributed by atoms with Crippen LogP contribution in [0.2, 0.25) is 0 Å². The number of anilines is 1. The lowest BCUT2D eigenvalue weighted by Crippen LogP contribution is -2.42. The smallest absolute Gasteiger partial charge is 0.321 e. The van der Waals surface area contributed by atoms with E-state index in [-0.39, 0.29) is 24.6 Å². The number of carbonyl (C=O) groups excluding carboxylic acids is 2. The number of H-pyrrole nitrogens is 1. The molecule has 2 aromatic rings. The van der Waals surface area contributed by atoms with E-state index in [0.717, 1.165) is 18.5 Å². The maximum atomic E-state index is 12.8. The van der Waals surface area contributed by atoms with Crippen molar-refractivity contribution in [2.24, 2.45) is 0 Å². The fraction of sp³-hybridized carbons (Fsp3) is 0.450. The summed E-state index contributed by atoms with van der Waals surface area (Å²) < 4.78 is 15.6. The van der Waals surface area contributed by atoms with Crippen LogP contribution < -0.4 is 20.1 Å². The van der Waals surface area contributed by atoms with Crippen LogP contribution in [0.5, 0.6) is 11.5 Å². The molecular weight excluding hydrogens is 390 g/mol. The Morgan fingerprint density at radius 1 is 1.33 bits per heavy atom. The first kappa shape index (κ1) is 20.0. The summed E-state index contributed by atoms with van der Waals surface area (Å²) in [4.78, 5) is 27.0. The highest BCUT2D eigenvalue weighted by molar-refractivity contribution is 5.95. The SMILES string of the molecule is COCCNC(=O)c1cn[nH]c1C1CCCN(C(=O)Nc2ccc3c(c2)OCO3)C1. The van der Waals surface area contributed by atoms with Gasteiger partial charge in [-0.3, -0.25) is 9.89 Å². The van der Waals surface area contributed by atoms with Crippen LogP contribution >= 0.6 is 0 Å². The van der Waals surface area contributed by atoms with Gasteiger partial charge in [-0.15, -0.1) is 0 Å². The zero-order chi connectivity index (χ0) is 20.9. The summed E-state index contributed by atoms with van der Waals surface area (Å²) >= 11 is 0. The van der Waals surface area contributed by atoms with Gasteiger partial charge in [0.05, 0.1) is 24.1 Å². The molecule has 10 heteroatoms. The molecule has 2 aliphatic rings. The van der Waals surface area contributed by atoms with Crippen LogP contribution in [0.1, 0.15) is 34.8 Å². The molecule has 0 aliphatic carbocycles. The lowest BCUT2D eigenvalue weighted by Gasteiger charge is -2.32. The van der Waals surface area contributed by atoms with Crippen LogP contribution in [-0.2, 0) is 4.74 Å². The Balaban J connectivity index is 1.39. The first-order chi connectivity index (χ1) is 14.7.